The molecule has 1 amide bonds. The summed E-state index contributed by atoms with van der Waals surface area (Å²) in [7, 11) is 0. The minimum absolute atomic E-state index is 0.0793. The van der Waals surface area contributed by atoms with Crippen molar-refractivity contribution in [2.75, 3.05) is 19.0 Å². The van der Waals surface area contributed by atoms with Crippen LogP contribution in [-0.4, -0.2) is 29.8 Å². The van der Waals surface area contributed by atoms with Crippen LogP contribution >= 0.6 is 11.6 Å². The number of amides is 1. The highest BCUT2D eigenvalue weighted by molar-refractivity contribution is 6.18. The second-order valence-corrected chi connectivity index (χ2v) is 4.66. The van der Waals surface area contributed by atoms with E-state index in [0.29, 0.717) is 12.4 Å². The average Bonchev–Trinajstić information content (AvgIpc) is 2.31. The van der Waals surface area contributed by atoms with Gasteiger partial charge in [-0.2, -0.15) is 0 Å². The third-order valence-electron chi connectivity index (χ3n) is 2.89. The fourth-order valence-electron chi connectivity index (χ4n) is 1.74. The molecule has 1 rings (SSSR count). The molecule has 0 saturated heterocycles. The first kappa shape index (κ1) is 14.0. The standard InChI is InChI=1S/C14H20ClNO/c1-4-8-16(9-7-15)14(17)13-6-5-11(2)12(3)10-13/h5-6,10H,4,7-9H2,1-3H3. The maximum absolute atomic E-state index is 12.3. The van der Waals surface area contributed by atoms with Gasteiger partial charge >= 0.3 is 0 Å². The summed E-state index contributed by atoms with van der Waals surface area (Å²) in [4.78, 5) is 14.1. The van der Waals surface area contributed by atoms with Crippen molar-refractivity contribution in [3.8, 4) is 0 Å². The third kappa shape index (κ3) is 3.74. The summed E-state index contributed by atoms with van der Waals surface area (Å²) >= 11 is 5.73. The van der Waals surface area contributed by atoms with E-state index in [9.17, 15) is 4.79 Å². The van der Waals surface area contributed by atoms with Crippen molar-refractivity contribution >= 4 is 17.5 Å². The van der Waals surface area contributed by atoms with E-state index in [1.54, 1.807) is 0 Å². The van der Waals surface area contributed by atoms with Crippen molar-refractivity contribution in [3.05, 3.63) is 34.9 Å². The predicted molar refractivity (Wildman–Crippen MR) is 72.8 cm³/mol. The lowest BCUT2D eigenvalue weighted by atomic mass is 10.1. The molecule has 2 nitrogen and oxygen atoms in total. The summed E-state index contributed by atoms with van der Waals surface area (Å²) in [5.41, 5.74) is 3.12. The second-order valence-electron chi connectivity index (χ2n) is 4.28. The molecule has 0 unspecified atom stereocenters. The number of rotatable bonds is 5. The first-order valence-electron chi connectivity index (χ1n) is 6.02. The molecule has 0 aliphatic rings. The van der Waals surface area contributed by atoms with Gasteiger partial charge < -0.3 is 4.90 Å². The van der Waals surface area contributed by atoms with E-state index in [-0.39, 0.29) is 5.91 Å². The second kappa shape index (κ2) is 6.65. The molecule has 0 aliphatic carbocycles. The van der Waals surface area contributed by atoms with Gasteiger partial charge in [0.15, 0.2) is 0 Å². The first-order valence-corrected chi connectivity index (χ1v) is 6.56. The minimum atomic E-state index is 0.0793. The van der Waals surface area contributed by atoms with Gasteiger partial charge in [0.25, 0.3) is 5.91 Å². The van der Waals surface area contributed by atoms with Gasteiger partial charge in [-0.15, -0.1) is 11.6 Å². The molecule has 0 aliphatic heterocycles. The number of hydrogen-bond donors (Lipinski definition) is 0. The van der Waals surface area contributed by atoms with Gasteiger partial charge in [-0.25, -0.2) is 0 Å². The fraction of sp³-hybridized carbons (Fsp3) is 0.500. The molecule has 3 heteroatoms. The molecule has 1 aromatic rings. The lowest BCUT2D eigenvalue weighted by molar-refractivity contribution is 0.0765. The van der Waals surface area contributed by atoms with Crippen LogP contribution in [-0.2, 0) is 0 Å². The van der Waals surface area contributed by atoms with Crippen molar-refractivity contribution in [1.29, 1.82) is 0 Å². The topological polar surface area (TPSA) is 20.3 Å². The molecule has 0 spiro atoms. The Morgan fingerprint density at radius 2 is 1.94 bits per heavy atom. The normalized spacial score (nSPS) is 10.4. The number of hydrogen-bond acceptors (Lipinski definition) is 1. The van der Waals surface area contributed by atoms with Crippen LogP contribution in [0.5, 0.6) is 0 Å². The third-order valence-corrected chi connectivity index (χ3v) is 3.06. The van der Waals surface area contributed by atoms with Crippen molar-refractivity contribution in [3.63, 3.8) is 0 Å². The van der Waals surface area contributed by atoms with Crippen LogP contribution in [0, 0.1) is 13.8 Å². The van der Waals surface area contributed by atoms with E-state index in [0.717, 1.165) is 24.1 Å². The summed E-state index contributed by atoms with van der Waals surface area (Å²) in [5, 5.41) is 0. The smallest absolute Gasteiger partial charge is 0.253 e. The van der Waals surface area contributed by atoms with Crippen LogP contribution in [0.25, 0.3) is 0 Å². The highest BCUT2D eigenvalue weighted by Gasteiger charge is 2.14. The predicted octanol–water partition coefficient (Wildman–Crippen LogP) is 3.39. The Morgan fingerprint density at radius 1 is 1.24 bits per heavy atom. The Balaban J connectivity index is 2.88. The Hall–Kier alpha value is -1.02. The van der Waals surface area contributed by atoms with E-state index in [4.69, 9.17) is 11.6 Å². The molecule has 0 bridgehead atoms. The number of carbonyl (C=O) groups is 1. The van der Waals surface area contributed by atoms with Crippen LogP contribution in [0.2, 0.25) is 0 Å². The number of carbonyl (C=O) groups excluding carboxylic acids is 1. The molecule has 0 fully saturated rings. The zero-order chi connectivity index (χ0) is 12.8. The molecule has 0 heterocycles. The minimum Gasteiger partial charge on any atom is -0.337 e. The lowest BCUT2D eigenvalue weighted by Gasteiger charge is -2.21. The molecular formula is C14H20ClNO. The molecular weight excluding hydrogens is 234 g/mol. The highest BCUT2D eigenvalue weighted by atomic mass is 35.5. The van der Waals surface area contributed by atoms with Crippen LogP contribution in [0.15, 0.2) is 18.2 Å². The summed E-state index contributed by atoms with van der Waals surface area (Å²) in [6, 6.07) is 5.84. The van der Waals surface area contributed by atoms with E-state index < -0.39 is 0 Å². The SMILES string of the molecule is CCCN(CCCl)C(=O)c1ccc(C)c(C)c1. The molecule has 0 N–H and O–H groups in total. The molecule has 0 atom stereocenters. The van der Waals surface area contributed by atoms with Gasteiger partial charge in [0.2, 0.25) is 0 Å². The van der Waals surface area contributed by atoms with Crippen molar-refractivity contribution in [2.24, 2.45) is 0 Å². The summed E-state index contributed by atoms with van der Waals surface area (Å²) in [5.74, 6) is 0.562. The van der Waals surface area contributed by atoms with Gasteiger partial charge in [0.1, 0.15) is 0 Å². The number of alkyl halides is 1. The largest absolute Gasteiger partial charge is 0.337 e. The van der Waals surface area contributed by atoms with Gasteiger partial charge in [-0.05, 0) is 43.5 Å². The highest BCUT2D eigenvalue weighted by Crippen LogP contribution is 2.12. The number of aryl methyl sites for hydroxylation is 2. The zero-order valence-electron chi connectivity index (χ0n) is 10.8. The molecule has 17 heavy (non-hydrogen) atoms. The van der Waals surface area contributed by atoms with Crippen molar-refractivity contribution < 1.29 is 4.79 Å². The maximum Gasteiger partial charge on any atom is 0.253 e. The van der Waals surface area contributed by atoms with E-state index >= 15 is 0 Å². The van der Waals surface area contributed by atoms with Gasteiger partial charge in [0, 0.05) is 24.5 Å². The molecule has 1 aromatic carbocycles. The maximum atomic E-state index is 12.3. The summed E-state index contributed by atoms with van der Waals surface area (Å²) < 4.78 is 0. The Bertz CT molecular complexity index is 384. The monoisotopic (exact) mass is 253 g/mol. The van der Waals surface area contributed by atoms with Crippen molar-refractivity contribution in [2.45, 2.75) is 27.2 Å². The average molecular weight is 254 g/mol. The first-order chi connectivity index (χ1) is 8.10. The quantitative estimate of drug-likeness (QED) is 0.737. The van der Waals surface area contributed by atoms with Crippen molar-refractivity contribution in [1.82, 2.24) is 4.90 Å². The summed E-state index contributed by atoms with van der Waals surface area (Å²) in [6.07, 6.45) is 0.952. The van der Waals surface area contributed by atoms with Gasteiger partial charge in [-0.1, -0.05) is 13.0 Å². The van der Waals surface area contributed by atoms with Gasteiger partial charge in [0.05, 0.1) is 0 Å². The van der Waals surface area contributed by atoms with Crippen LogP contribution < -0.4 is 0 Å². The van der Waals surface area contributed by atoms with E-state index in [2.05, 4.69) is 6.92 Å². The van der Waals surface area contributed by atoms with Crippen LogP contribution in [0.1, 0.15) is 34.8 Å². The van der Waals surface area contributed by atoms with Crippen LogP contribution in [0.4, 0.5) is 0 Å². The van der Waals surface area contributed by atoms with E-state index in [1.165, 1.54) is 5.56 Å². The number of halogens is 1. The van der Waals surface area contributed by atoms with Gasteiger partial charge in [-0.3, -0.25) is 4.79 Å². The molecule has 0 radical (unpaired) electrons. The lowest BCUT2D eigenvalue weighted by Crippen LogP contribution is -2.33. The van der Waals surface area contributed by atoms with Crippen LogP contribution in [0.3, 0.4) is 0 Å². The fourth-order valence-corrected chi connectivity index (χ4v) is 1.95. The Morgan fingerprint density at radius 3 is 2.47 bits per heavy atom. The van der Waals surface area contributed by atoms with E-state index in [1.807, 2.05) is 36.9 Å². The number of benzene rings is 1. The molecule has 94 valence electrons. The number of nitrogens with zero attached hydrogens (tertiary/aromatic N) is 1. The molecule has 0 saturated carbocycles. The molecule has 0 aromatic heterocycles. The summed E-state index contributed by atoms with van der Waals surface area (Å²) in [6.45, 7) is 7.51. The Labute approximate surface area is 109 Å². The zero-order valence-corrected chi connectivity index (χ0v) is 11.5. The Kier molecular flexibility index (Phi) is 5.49.